The molecular weight excluding hydrogens is 550 g/mol. The third kappa shape index (κ3) is 10.6. The molecule has 0 aliphatic heterocycles. The molecule has 236 valence electrons. The molecule has 2 rings (SSSR count). The predicted molar refractivity (Wildman–Crippen MR) is 164 cm³/mol. The van der Waals surface area contributed by atoms with E-state index in [2.05, 4.69) is 10.6 Å². The number of alkyl carbamates (subject to hydrolysis) is 1. The Morgan fingerprint density at radius 2 is 1.58 bits per heavy atom. The molecule has 0 saturated carbocycles. The number of phenolic OH excluding ortho intramolecular Hbond substituents is 1. The quantitative estimate of drug-likeness (QED) is 0.314. The van der Waals surface area contributed by atoms with Gasteiger partial charge in [0.15, 0.2) is 0 Å². The maximum Gasteiger partial charge on any atom is 0.408 e. The third-order valence-corrected chi connectivity index (χ3v) is 6.71. The van der Waals surface area contributed by atoms with Crippen molar-refractivity contribution < 1.29 is 33.8 Å². The van der Waals surface area contributed by atoms with E-state index in [-0.39, 0.29) is 31.7 Å². The average molecular weight is 598 g/mol. The van der Waals surface area contributed by atoms with Gasteiger partial charge in [0.05, 0.1) is 13.0 Å². The van der Waals surface area contributed by atoms with Crippen molar-refractivity contribution in [2.45, 2.75) is 98.4 Å². The fraction of sp³-hybridized carbons (Fsp3) is 0.515. The van der Waals surface area contributed by atoms with Gasteiger partial charge in [0.1, 0.15) is 23.4 Å². The van der Waals surface area contributed by atoms with Crippen molar-refractivity contribution in [3.8, 4) is 5.75 Å². The number of carbonyl (C=O) groups excluding carboxylic acids is 4. The number of hydrogen-bond acceptors (Lipinski definition) is 7. The zero-order chi connectivity index (χ0) is 32.5. The average Bonchev–Trinajstić information content (AvgIpc) is 2.88. The van der Waals surface area contributed by atoms with Gasteiger partial charge in [-0.2, -0.15) is 0 Å². The molecule has 0 radical (unpaired) electrons. The van der Waals surface area contributed by atoms with Crippen LogP contribution in [0.15, 0.2) is 42.5 Å². The van der Waals surface area contributed by atoms with Crippen LogP contribution >= 0.6 is 0 Å². The van der Waals surface area contributed by atoms with Crippen LogP contribution < -0.4 is 10.6 Å². The summed E-state index contributed by atoms with van der Waals surface area (Å²) in [6, 6.07) is 9.69. The van der Waals surface area contributed by atoms with Crippen LogP contribution in [0.5, 0.6) is 5.75 Å². The first kappa shape index (κ1) is 35.1. The first-order chi connectivity index (χ1) is 19.9. The number of aromatic hydroxyl groups is 1. The molecular formula is C33H47N3O7. The summed E-state index contributed by atoms with van der Waals surface area (Å²) in [5, 5.41) is 15.3. The second kappa shape index (κ2) is 14.9. The highest BCUT2D eigenvalue weighted by Crippen LogP contribution is 2.33. The summed E-state index contributed by atoms with van der Waals surface area (Å²) in [4.78, 5) is 54.9. The van der Waals surface area contributed by atoms with Crippen molar-refractivity contribution in [2.75, 3.05) is 13.2 Å². The molecule has 10 nitrogen and oxygen atoms in total. The van der Waals surface area contributed by atoms with Crippen LogP contribution in [-0.2, 0) is 30.3 Å². The summed E-state index contributed by atoms with van der Waals surface area (Å²) in [5.74, 6) is -1.34. The summed E-state index contributed by atoms with van der Waals surface area (Å²) >= 11 is 0. The van der Waals surface area contributed by atoms with Gasteiger partial charge in [-0.1, -0.05) is 30.3 Å². The van der Waals surface area contributed by atoms with Gasteiger partial charge in [-0.15, -0.1) is 0 Å². The Balaban J connectivity index is 2.61. The van der Waals surface area contributed by atoms with Crippen molar-refractivity contribution in [1.29, 1.82) is 0 Å². The lowest BCUT2D eigenvalue weighted by atomic mass is 9.90. The summed E-state index contributed by atoms with van der Waals surface area (Å²) in [6.07, 6.45) is -0.720. The van der Waals surface area contributed by atoms with Crippen molar-refractivity contribution in [2.24, 2.45) is 0 Å². The Bertz CT molecular complexity index is 1280. The van der Waals surface area contributed by atoms with Gasteiger partial charge < -0.3 is 30.1 Å². The lowest BCUT2D eigenvalue weighted by molar-refractivity contribution is -0.149. The molecule has 0 aromatic heterocycles. The van der Waals surface area contributed by atoms with E-state index < -0.39 is 47.1 Å². The van der Waals surface area contributed by atoms with E-state index in [1.54, 1.807) is 45.9 Å². The number of nitrogens with one attached hydrogen (secondary N) is 2. The molecule has 43 heavy (non-hydrogen) atoms. The second-order valence-corrected chi connectivity index (χ2v) is 12.5. The van der Waals surface area contributed by atoms with Crippen LogP contribution in [0.4, 0.5) is 4.79 Å². The first-order valence-electron chi connectivity index (χ1n) is 14.5. The van der Waals surface area contributed by atoms with Gasteiger partial charge in [-0.25, -0.2) is 4.79 Å². The molecule has 0 saturated heterocycles. The van der Waals surface area contributed by atoms with Crippen molar-refractivity contribution in [3.63, 3.8) is 0 Å². The van der Waals surface area contributed by atoms with E-state index in [0.717, 1.165) is 11.1 Å². The van der Waals surface area contributed by atoms with Gasteiger partial charge in [-0.05, 0) is 96.7 Å². The number of carbonyl (C=O) groups is 4. The molecule has 0 bridgehead atoms. The Kier molecular flexibility index (Phi) is 12.2. The van der Waals surface area contributed by atoms with E-state index in [1.807, 2.05) is 46.8 Å². The fourth-order valence-electron chi connectivity index (χ4n) is 4.62. The Labute approximate surface area is 255 Å². The van der Waals surface area contributed by atoms with E-state index in [9.17, 15) is 24.3 Å². The van der Waals surface area contributed by atoms with Crippen LogP contribution in [0.3, 0.4) is 0 Å². The van der Waals surface area contributed by atoms with Crippen LogP contribution in [0.25, 0.3) is 0 Å². The summed E-state index contributed by atoms with van der Waals surface area (Å²) < 4.78 is 10.5. The Morgan fingerprint density at radius 1 is 0.953 bits per heavy atom. The number of esters is 1. The maximum absolute atomic E-state index is 14.6. The van der Waals surface area contributed by atoms with Gasteiger partial charge in [0.25, 0.3) is 0 Å². The smallest absolute Gasteiger partial charge is 0.408 e. The van der Waals surface area contributed by atoms with E-state index >= 15 is 0 Å². The standard InChI is InChI=1S/C33H47N3O7/c1-10-42-27(38)18-19-34-29(39)28(25-13-11-12-21(2)22(25)3)36(32(4,5)6)30(40)26(35-31(41)43-33(7,8)9)20-23-14-16-24(37)17-15-23/h11-17,26,28,37H,10,18-20H2,1-9H3,(H,34,39)(H,35,41). The number of nitrogens with zero attached hydrogens (tertiary/aromatic N) is 1. The van der Waals surface area contributed by atoms with Gasteiger partial charge in [0, 0.05) is 18.5 Å². The minimum Gasteiger partial charge on any atom is -0.508 e. The van der Waals surface area contributed by atoms with Crippen LogP contribution in [-0.4, -0.2) is 64.2 Å². The SMILES string of the molecule is CCOC(=O)CCNC(=O)C(c1cccc(C)c1C)N(C(=O)C(Cc1ccc(O)cc1)NC(=O)OC(C)(C)C)C(C)(C)C. The summed E-state index contributed by atoms with van der Waals surface area (Å²) in [7, 11) is 0. The molecule has 3 N–H and O–H groups in total. The minimum absolute atomic E-state index is 0.0216. The lowest BCUT2D eigenvalue weighted by Gasteiger charge is -2.43. The van der Waals surface area contributed by atoms with Crippen molar-refractivity contribution in [1.82, 2.24) is 15.5 Å². The zero-order valence-electron chi connectivity index (χ0n) is 26.9. The number of ether oxygens (including phenoxy) is 2. The maximum atomic E-state index is 14.6. The Hall–Kier alpha value is -4.08. The van der Waals surface area contributed by atoms with Crippen LogP contribution in [0.2, 0.25) is 0 Å². The summed E-state index contributed by atoms with van der Waals surface area (Å²) in [6.45, 7) is 16.4. The molecule has 0 aliphatic carbocycles. The van der Waals surface area contributed by atoms with E-state index in [4.69, 9.17) is 9.47 Å². The number of phenols is 1. The number of benzene rings is 2. The molecule has 0 fully saturated rings. The van der Waals surface area contributed by atoms with Crippen LogP contribution in [0, 0.1) is 13.8 Å². The second-order valence-electron chi connectivity index (χ2n) is 12.5. The van der Waals surface area contributed by atoms with Gasteiger partial charge in [0.2, 0.25) is 11.8 Å². The highest BCUT2D eigenvalue weighted by Gasteiger charge is 2.42. The Morgan fingerprint density at radius 3 is 2.14 bits per heavy atom. The molecule has 2 atom stereocenters. The first-order valence-corrected chi connectivity index (χ1v) is 14.5. The molecule has 10 heteroatoms. The number of aryl methyl sites for hydroxylation is 1. The van der Waals surface area contributed by atoms with Gasteiger partial charge >= 0.3 is 12.1 Å². The predicted octanol–water partition coefficient (Wildman–Crippen LogP) is 4.88. The molecule has 0 heterocycles. The van der Waals surface area contributed by atoms with E-state index in [1.165, 1.54) is 17.0 Å². The number of rotatable bonds is 11. The van der Waals surface area contributed by atoms with Crippen molar-refractivity contribution in [3.05, 3.63) is 64.7 Å². The molecule has 0 aliphatic rings. The summed E-state index contributed by atoms with van der Waals surface area (Å²) in [5.41, 5.74) is 1.39. The van der Waals surface area contributed by atoms with Crippen LogP contribution in [0.1, 0.15) is 83.2 Å². The monoisotopic (exact) mass is 597 g/mol. The number of hydrogen-bond donors (Lipinski definition) is 3. The third-order valence-electron chi connectivity index (χ3n) is 6.71. The molecule has 3 amide bonds. The topological polar surface area (TPSA) is 134 Å². The van der Waals surface area contributed by atoms with E-state index in [0.29, 0.717) is 11.1 Å². The van der Waals surface area contributed by atoms with Crippen molar-refractivity contribution >= 4 is 23.9 Å². The molecule has 0 spiro atoms. The molecule has 2 aromatic carbocycles. The normalized spacial score (nSPS) is 13.0. The minimum atomic E-state index is -1.11. The molecule has 2 unspecified atom stereocenters. The largest absolute Gasteiger partial charge is 0.508 e. The van der Waals surface area contributed by atoms with Gasteiger partial charge in [-0.3, -0.25) is 14.4 Å². The number of amides is 3. The molecule has 2 aromatic rings. The lowest BCUT2D eigenvalue weighted by Crippen LogP contribution is -2.59. The highest BCUT2D eigenvalue weighted by atomic mass is 16.6. The highest BCUT2D eigenvalue weighted by molar-refractivity contribution is 5.93. The zero-order valence-corrected chi connectivity index (χ0v) is 26.9. The fourth-order valence-corrected chi connectivity index (χ4v) is 4.62.